The highest BCUT2D eigenvalue weighted by Gasteiger charge is 2.29. The molecule has 0 aliphatic carbocycles. The van der Waals surface area contributed by atoms with Gasteiger partial charge in [-0.25, -0.2) is 0 Å². The van der Waals surface area contributed by atoms with Crippen LogP contribution in [0.2, 0.25) is 0 Å². The van der Waals surface area contributed by atoms with E-state index in [0.717, 1.165) is 12.8 Å². The number of carbonyl (C=O) groups excluding carboxylic acids is 1. The first kappa shape index (κ1) is 13.8. The van der Waals surface area contributed by atoms with Crippen molar-refractivity contribution in [2.24, 2.45) is 5.92 Å². The lowest BCUT2D eigenvalue weighted by Gasteiger charge is -2.16. The van der Waals surface area contributed by atoms with E-state index in [1.54, 1.807) is 17.0 Å². The van der Waals surface area contributed by atoms with Gasteiger partial charge in [-0.2, -0.15) is 0 Å². The van der Waals surface area contributed by atoms with Crippen molar-refractivity contribution in [1.82, 2.24) is 4.90 Å². The van der Waals surface area contributed by atoms with Crippen LogP contribution in [-0.4, -0.2) is 34.7 Å². The Labute approximate surface area is 116 Å². The first-order chi connectivity index (χ1) is 9.13. The molecular formula is C13H15ClN2O3. The second-order valence-electron chi connectivity index (χ2n) is 4.66. The molecule has 19 heavy (non-hydrogen) atoms. The Hall–Kier alpha value is -1.62. The fourth-order valence-electron chi connectivity index (χ4n) is 2.39. The van der Waals surface area contributed by atoms with Gasteiger partial charge in [-0.05, 0) is 24.8 Å². The molecule has 1 aromatic rings. The molecule has 1 aliphatic heterocycles. The summed E-state index contributed by atoms with van der Waals surface area (Å²) in [6.07, 6.45) is 1.79. The minimum atomic E-state index is -0.514. The van der Waals surface area contributed by atoms with Crippen LogP contribution in [0.15, 0.2) is 24.3 Å². The van der Waals surface area contributed by atoms with Crippen molar-refractivity contribution in [2.45, 2.75) is 12.8 Å². The van der Waals surface area contributed by atoms with Gasteiger partial charge in [-0.3, -0.25) is 14.9 Å². The van der Waals surface area contributed by atoms with E-state index in [2.05, 4.69) is 0 Å². The van der Waals surface area contributed by atoms with Crippen molar-refractivity contribution < 1.29 is 9.72 Å². The number of likely N-dealkylation sites (tertiary alicyclic amines) is 1. The average Bonchev–Trinajstić information content (AvgIpc) is 2.87. The highest BCUT2D eigenvalue weighted by Crippen LogP contribution is 2.25. The molecule has 1 saturated heterocycles. The third-order valence-electron chi connectivity index (χ3n) is 3.42. The fourth-order valence-corrected chi connectivity index (χ4v) is 2.70. The summed E-state index contributed by atoms with van der Waals surface area (Å²) >= 11 is 5.70. The van der Waals surface area contributed by atoms with E-state index < -0.39 is 4.92 Å². The average molecular weight is 283 g/mol. The SMILES string of the molecule is O=C(c1ccccc1[N+](=O)[O-])N1CCC(CCCl)C1. The Morgan fingerprint density at radius 2 is 2.21 bits per heavy atom. The molecule has 0 saturated carbocycles. The molecular weight excluding hydrogens is 268 g/mol. The number of halogens is 1. The minimum absolute atomic E-state index is 0.131. The van der Waals surface area contributed by atoms with Gasteiger partial charge in [0.25, 0.3) is 11.6 Å². The summed E-state index contributed by atoms with van der Waals surface area (Å²) in [5.74, 6) is 0.728. The van der Waals surface area contributed by atoms with Crippen molar-refractivity contribution in [1.29, 1.82) is 0 Å². The predicted octanol–water partition coefficient (Wildman–Crippen LogP) is 2.69. The van der Waals surface area contributed by atoms with Crippen LogP contribution >= 0.6 is 11.6 Å². The Balaban J connectivity index is 2.15. The quantitative estimate of drug-likeness (QED) is 0.484. The van der Waals surface area contributed by atoms with Gasteiger partial charge in [0, 0.05) is 25.0 Å². The summed E-state index contributed by atoms with van der Waals surface area (Å²) in [5.41, 5.74) is 0.0346. The van der Waals surface area contributed by atoms with Crippen molar-refractivity contribution >= 4 is 23.2 Å². The topological polar surface area (TPSA) is 63.4 Å². The zero-order valence-corrected chi connectivity index (χ0v) is 11.2. The van der Waals surface area contributed by atoms with Crippen LogP contribution in [-0.2, 0) is 0 Å². The first-order valence-electron chi connectivity index (χ1n) is 6.22. The Morgan fingerprint density at radius 1 is 1.47 bits per heavy atom. The van der Waals surface area contributed by atoms with Crippen LogP contribution < -0.4 is 0 Å². The lowest BCUT2D eigenvalue weighted by molar-refractivity contribution is -0.385. The van der Waals surface area contributed by atoms with Gasteiger partial charge in [-0.15, -0.1) is 11.6 Å². The molecule has 1 aliphatic rings. The number of nitrogens with zero attached hydrogens (tertiary/aromatic N) is 2. The van der Waals surface area contributed by atoms with E-state index >= 15 is 0 Å². The van der Waals surface area contributed by atoms with Gasteiger partial charge in [0.15, 0.2) is 0 Å². The Bertz CT molecular complexity index is 493. The number of alkyl halides is 1. The van der Waals surface area contributed by atoms with Crippen LogP contribution in [0.3, 0.4) is 0 Å². The minimum Gasteiger partial charge on any atom is -0.338 e. The lowest BCUT2D eigenvalue weighted by Crippen LogP contribution is -2.29. The summed E-state index contributed by atoms with van der Waals surface area (Å²) < 4.78 is 0. The van der Waals surface area contributed by atoms with Gasteiger partial charge in [0.2, 0.25) is 0 Å². The van der Waals surface area contributed by atoms with Crippen LogP contribution in [0.1, 0.15) is 23.2 Å². The zero-order chi connectivity index (χ0) is 13.8. The third-order valence-corrected chi connectivity index (χ3v) is 3.64. The third kappa shape index (κ3) is 3.04. The summed E-state index contributed by atoms with van der Waals surface area (Å²) in [4.78, 5) is 24.4. The van der Waals surface area contributed by atoms with E-state index in [4.69, 9.17) is 11.6 Å². The molecule has 1 heterocycles. The van der Waals surface area contributed by atoms with Crippen LogP contribution in [0, 0.1) is 16.0 Å². The fraction of sp³-hybridized carbons (Fsp3) is 0.462. The molecule has 6 heteroatoms. The molecule has 1 unspecified atom stereocenters. The number of para-hydroxylation sites is 1. The second-order valence-corrected chi connectivity index (χ2v) is 5.04. The Kier molecular flexibility index (Phi) is 4.37. The highest BCUT2D eigenvalue weighted by molar-refractivity contribution is 6.17. The number of hydrogen-bond acceptors (Lipinski definition) is 3. The molecule has 1 amide bonds. The van der Waals surface area contributed by atoms with E-state index in [1.807, 2.05) is 0 Å². The van der Waals surface area contributed by atoms with Crippen molar-refractivity contribution in [2.75, 3.05) is 19.0 Å². The normalized spacial score (nSPS) is 18.6. The second kappa shape index (κ2) is 6.02. The summed E-state index contributed by atoms with van der Waals surface area (Å²) in [5, 5.41) is 10.9. The monoisotopic (exact) mass is 282 g/mol. The molecule has 0 aromatic heterocycles. The van der Waals surface area contributed by atoms with Crippen LogP contribution in [0.4, 0.5) is 5.69 Å². The van der Waals surface area contributed by atoms with E-state index in [-0.39, 0.29) is 17.2 Å². The number of rotatable bonds is 4. The highest BCUT2D eigenvalue weighted by atomic mass is 35.5. The predicted molar refractivity (Wildman–Crippen MR) is 72.4 cm³/mol. The zero-order valence-electron chi connectivity index (χ0n) is 10.4. The van der Waals surface area contributed by atoms with Crippen molar-refractivity contribution in [3.63, 3.8) is 0 Å². The smallest absolute Gasteiger partial charge is 0.282 e. The van der Waals surface area contributed by atoms with Crippen molar-refractivity contribution in [3.05, 3.63) is 39.9 Å². The molecule has 0 radical (unpaired) electrons. The number of carbonyl (C=O) groups is 1. The first-order valence-corrected chi connectivity index (χ1v) is 6.75. The standard InChI is InChI=1S/C13H15ClN2O3/c14-7-5-10-6-8-15(9-10)13(17)11-3-1-2-4-12(11)16(18)19/h1-4,10H,5-9H2. The van der Waals surface area contributed by atoms with Crippen LogP contribution in [0.25, 0.3) is 0 Å². The molecule has 0 N–H and O–H groups in total. The number of nitro groups is 1. The maximum absolute atomic E-state index is 12.3. The summed E-state index contributed by atoms with van der Waals surface area (Å²) in [7, 11) is 0. The molecule has 2 rings (SSSR count). The number of benzene rings is 1. The number of hydrogen-bond donors (Lipinski definition) is 0. The van der Waals surface area contributed by atoms with E-state index in [0.29, 0.717) is 24.9 Å². The molecule has 1 aromatic carbocycles. The lowest BCUT2D eigenvalue weighted by atomic mass is 10.1. The van der Waals surface area contributed by atoms with Gasteiger partial charge in [-0.1, -0.05) is 12.1 Å². The number of nitro benzene ring substituents is 1. The Morgan fingerprint density at radius 3 is 2.89 bits per heavy atom. The van der Waals surface area contributed by atoms with Gasteiger partial charge < -0.3 is 4.90 Å². The number of amides is 1. The molecule has 1 fully saturated rings. The van der Waals surface area contributed by atoms with Crippen LogP contribution in [0.5, 0.6) is 0 Å². The molecule has 5 nitrogen and oxygen atoms in total. The van der Waals surface area contributed by atoms with Gasteiger partial charge in [0.1, 0.15) is 5.56 Å². The molecule has 0 bridgehead atoms. The van der Waals surface area contributed by atoms with Gasteiger partial charge >= 0.3 is 0 Å². The molecule has 1 atom stereocenters. The molecule has 0 spiro atoms. The summed E-state index contributed by atoms with van der Waals surface area (Å²) in [6, 6.07) is 6.08. The van der Waals surface area contributed by atoms with Crippen molar-refractivity contribution in [3.8, 4) is 0 Å². The summed E-state index contributed by atoms with van der Waals surface area (Å²) in [6.45, 7) is 1.28. The molecule has 102 valence electrons. The maximum atomic E-state index is 12.3. The van der Waals surface area contributed by atoms with Gasteiger partial charge in [0.05, 0.1) is 4.92 Å². The van der Waals surface area contributed by atoms with E-state index in [1.165, 1.54) is 12.1 Å². The maximum Gasteiger partial charge on any atom is 0.282 e. The van der Waals surface area contributed by atoms with E-state index in [9.17, 15) is 14.9 Å². The largest absolute Gasteiger partial charge is 0.338 e.